The minimum Gasteiger partial charge on any atom is -0.328 e. The summed E-state index contributed by atoms with van der Waals surface area (Å²) in [4.78, 5) is 0. The highest BCUT2D eigenvalue weighted by Crippen LogP contribution is 2.14. The zero-order valence-electron chi connectivity index (χ0n) is 8.67. The van der Waals surface area contributed by atoms with Crippen molar-refractivity contribution in [2.24, 2.45) is 5.73 Å². The summed E-state index contributed by atoms with van der Waals surface area (Å²) in [5, 5.41) is 0. The molecule has 0 aliphatic heterocycles. The van der Waals surface area contributed by atoms with E-state index in [2.05, 4.69) is 47.1 Å². The molecule has 14 heavy (non-hydrogen) atoms. The molecule has 0 saturated heterocycles. The van der Waals surface area contributed by atoms with Gasteiger partial charge >= 0.3 is 0 Å². The SMILES string of the molecule is C[C@H](N)CCCCc1cccc(Br)c1. The zero-order chi connectivity index (χ0) is 10.4. The molecule has 1 atom stereocenters. The maximum absolute atomic E-state index is 5.69. The van der Waals surface area contributed by atoms with Gasteiger partial charge in [-0.1, -0.05) is 34.5 Å². The first kappa shape index (κ1) is 11.7. The molecule has 1 aromatic rings. The van der Waals surface area contributed by atoms with Gasteiger partial charge in [0.15, 0.2) is 0 Å². The van der Waals surface area contributed by atoms with E-state index in [1.807, 2.05) is 0 Å². The second kappa shape index (κ2) is 6.20. The van der Waals surface area contributed by atoms with Crippen LogP contribution in [0.5, 0.6) is 0 Å². The smallest absolute Gasteiger partial charge is 0.0177 e. The van der Waals surface area contributed by atoms with E-state index in [1.54, 1.807) is 0 Å². The summed E-state index contributed by atoms with van der Waals surface area (Å²) in [6, 6.07) is 8.86. The molecule has 78 valence electrons. The molecular formula is C12H18BrN. The quantitative estimate of drug-likeness (QED) is 0.801. The number of unbranched alkanes of at least 4 members (excludes halogenated alkanes) is 1. The van der Waals surface area contributed by atoms with Gasteiger partial charge < -0.3 is 5.73 Å². The average Bonchev–Trinajstić information content (AvgIpc) is 2.12. The van der Waals surface area contributed by atoms with Crippen molar-refractivity contribution in [1.29, 1.82) is 0 Å². The Kier molecular flexibility index (Phi) is 5.20. The number of benzene rings is 1. The summed E-state index contributed by atoms with van der Waals surface area (Å²) >= 11 is 3.47. The molecule has 0 aliphatic carbocycles. The molecule has 0 spiro atoms. The van der Waals surface area contributed by atoms with Crippen molar-refractivity contribution in [3.63, 3.8) is 0 Å². The Bertz CT molecular complexity index is 271. The molecule has 1 aromatic carbocycles. The first-order chi connectivity index (χ1) is 6.68. The Morgan fingerprint density at radius 3 is 2.79 bits per heavy atom. The number of hydrogen-bond donors (Lipinski definition) is 1. The van der Waals surface area contributed by atoms with Crippen LogP contribution >= 0.6 is 15.9 Å². The fourth-order valence-corrected chi connectivity index (χ4v) is 1.93. The molecule has 1 rings (SSSR count). The van der Waals surface area contributed by atoms with Gasteiger partial charge in [-0.05, 0) is 43.9 Å². The molecule has 0 saturated carbocycles. The molecule has 0 heterocycles. The van der Waals surface area contributed by atoms with Crippen molar-refractivity contribution < 1.29 is 0 Å². The summed E-state index contributed by atoms with van der Waals surface area (Å²) in [6.45, 7) is 2.07. The number of aryl methyl sites for hydroxylation is 1. The Balaban J connectivity index is 2.25. The van der Waals surface area contributed by atoms with E-state index < -0.39 is 0 Å². The van der Waals surface area contributed by atoms with Gasteiger partial charge in [0.2, 0.25) is 0 Å². The first-order valence-electron chi connectivity index (χ1n) is 5.18. The molecule has 0 radical (unpaired) electrons. The van der Waals surface area contributed by atoms with E-state index >= 15 is 0 Å². The third kappa shape index (κ3) is 4.77. The van der Waals surface area contributed by atoms with Gasteiger partial charge in [-0.25, -0.2) is 0 Å². The predicted octanol–water partition coefficient (Wildman–Crippen LogP) is 3.51. The Morgan fingerprint density at radius 1 is 1.36 bits per heavy atom. The monoisotopic (exact) mass is 255 g/mol. The molecule has 0 unspecified atom stereocenters. The highest BCUT2D eigenvalue weighted by atomic mass is 79.9. The average molecular weight is 256 g/mol. The van der Waals surface area contributed by atoms with Crippen LogP contribution in [0.15, 0.2) is 28.7 Å². The van der Waals surface area contributed by atoms with Crippen LogP contribution in [0.3, 0.4) is 0 Å². The third-order valence-corrected chi connectivity index (χ3v) is 2.76. The van der Waals surface area contributed by atoms with E-state index in [1.165, 1.54) is 22.9 Å². The molecule has 2 heteroatoms. The molecule has 0 bridgehead atoms. The third-order valence-electron chi connectivity index (χ3n) is 2.26. The maximum atomic E-state index is 5.69. The van der Waals surface area contributed by atoms with Crippen LogP contribution in [0, 0.1) is 0 Å². The Labute approximate surface area is 94.8 Å². The van der Waals surface area contributed by atoms with E-state index in [4.69, 9.17) is 5.73 Å². The molecule has 0 aromatic heterocycles. The second-order valence-electron chi connectivity index (χ2n) is 3.85. The lowest BCUT2D eigenvalue weighted by Gasteiger charge is -2.04. The lowest BCUT2D eigenvalue weighted by Crippen LogP contribution is -2.14. The summed E-state index contributed by atoms with van der Waals surface area (Å²) in [6.07, 6.45) is 4.75. The minimum absolute atomic E-state index is 0.345. The van der Waals surface area contributed by atoms with Crippen LogP contribution in [-0.2, 0) is 6.42 Å². The van der Waals surface area contributed by atoms with Crippen molar-refractivity contribution in [3.8, 4) is 0 Å². The number of nitrogens with two attached hydrogens (primary N) is 1. The van der Waals surface area contributed by atoms with Crippen LogP contribution in [0.1, 0.15) is 31.7 Å². The standard InChI is InChI=1S/C12H18BrN/c1-10(14)5-2-3-6-11-7-4-8-12(13)9-11/h4,7-10H,2-3,5-6,14H2,1H3/t10-/m0/s1. The van der Waals surface area contributed by atoms with E-state index in [9.17, 15) is 0 Å². The van der Waals surface area contributed by atoms with Crippen molar-refractivity contribution in [3.05, 3.63) is 34.3 Å². The minimum atomic E-state index is 0.345. The summed E-state index contributed by atoms with van der Waals surface area (Å²) in [5.41, 5.74) is 7.10. The van der Waals surface area contributed by atoms with Gasteiger partial charge in [0.05, 0.1) is 0 Å². The summed E-state index contributed by atoms with van der Waals surface area (Å²) in [5.74, 6) is 0. The topological polar surface area (TPSA) is 26.0 Å². The largest absolute Gasteiger partial charge is 0.328 e. The van der Waals surface area contributed by atoms with Gasteiger partial charge in [0.25, 0.3) is 0 Å². The Hall–Kier alpha value is -0.340. The highest BCUT2D eigenvalue weighted by Gasteiger charge is 1.96. The molecular weight excluding hydrogens is 238 g/mol. The van der Waals surface area contributed by atoms with Gasteiger partial charge in [-0.3, -0.25) is 0 Å². The van der Waals surface area contributed by atoms with Gasteiger partial charge in [-0.15, -0.1) is 0 Å². The number of rotatable bonds is 5. The fourth-order valence-electron chi connectivity index (χ4n) is 1.49. The maximum Gasteiger partial charge on any atom is 0.0177 e. The normalized spacial score (nSPS) is 12.8. The van der Waals surface area contributed by atoms with E-state index in [0.29, 0.717) is 6.04 Å². The molecule has 1 nitrogen and oxygen atoms in total. The zero-order valence-corrected chi connectivity index (χ0v) is 10.3. The lowest BCUT2D eigenvalue weighted by molar-refractivity contribution is 0.597. The van der Waals surface area contributed by atoms with Crippen molar-refractivity contribution in [2.75, 3.05) is 0 Å². The fraction of sp³-hybridized carbons (Fsp3) is 0.500. The highest BCUT2D eigenvalue weighted by molar-refractivity contribution is 9.10. The molecule has 0 amide bonds. The van der Waals surface area contributed by atoms with Crippen molar-refractivity contribution in [1.82, 2.24) is 0 Å². The molecule has 0 fully saturated rings. The predicted molar refractivity (Wildman–Crippen MR) is 65.3 cm³/mol. The Morgan fingerprint density at radius 2 is 2.14 bits per heavy atom. The lowest BCUT2D eigenvalue weighted by atomic mass is 10.1. The molecule has 0 aliphatic rings. The van der Waals surface area contributed by atoms with E-state index in [0.717, 1.165) is 12.8 Å². The first-order valence-corrected chi connectivity index (χ1v) is 5.98. The van der Waals surface area contributed by atoms with E-state index in [-0.39, 0.29) is 0 Å². The number of hydrogen-bond acceptors (Lipinski definition) is 1. The second-order valence-corrected chi connectivity index (χ2v) is 4.77. The van der Waals surface area contributed by atoms with Gasteiger partial charge in [-0.2, -0.15) is 0 Å². The van der Waals surface area contributed by atoms with Crippen LogP contribution < -0.4 is 5.73 Å². The summed E-state index contributed by atoms with van der Waals surface area (Å²) in [7, 11) is 0. The van der Waals surface area contributed by atoms with Crippen LogP contribution in [-0.4, -0.2) is 6.04 Å². The van der Waals surface area contributed by atoms with Crippen molar-refractivity contribution >= 4 is 15.9 Å². The van der Waals surface area contributed by atoms with Crippen LogP contribution in [0.25, 0.3) is 0 Å². The van der Waals surface area contributed by atoms with Gasteiger partial charge in [0.1, 0.15) is 0 Å². The van der Waals surface area contributed by atoms with Crippen LogP contribution in [0.4, 0.5) is 0 Å². The van der Waals surface area contributed by atoms with Gasteiger partial charge in [0, 0.05) is 10.5 Å². The van der Waals surface area contributed by atoms with Crippen LogP contribution in [0.2, 0.25) is 0 Å². The van der Waals surface area contributed by atoms with Crippen molar-refractivity contribution in [2.45, 2.75) is 38.6 Å². The summed E-state index contributed by atoms with van der Waals surface area (Å²) < 4.78 is 1.17. The number of halogens is 1. The molecule has 2 N–H and O–H groups in total.